The van der Waals surface area contributed by atoms with E-state index >= 15 is 0 Å². The first kappa shape index (κ1) is 17.8. The molecule has 0 spiro atoms. The zero-order chi connectivity index (χ0) is 18.7. The van der Waals surface area contributed by atoms with Crippen molar-refractivity contribution in [1.29, 1.82) is 0 Å². The Labute approximate surface area is 152 Å². The minimum absolute atomic E-state index is 0.211. The minimum atomic E-state index is -1.01. The summed E-state index contributed by atoms with van der Waals surface area (Å²) < 4.78 is 10.8. The zero-order valence-electron chi connectivity index (χ0n) is 14.8. The maximum Gasteiger partial charge on any atom is 0.326 e. The lowest BCUT2D eigenvalue weighted by atomic mass is 9.94. The van der Waals surface area contributed by atoms with Gasteiger partial charge in [-0.15, -0.1) is 0 Å². The second kappa shape index (κ2) is 7.47. The average molecular weight is 355 g/mol. The number of benzene rings is 2. The number of carboxylic acids is 1. The third kappa shape index (κ3) is 3.64. The second-order valence-electron chi connectivity index (χ2n) is 6.27. The van der Waals surface area contributed by atoms with Gasteiger partial charge >= 0.3 is 5.97 Å². The summed E-state index contributed by atoms with van der Waals surface area (Å²) in [5.74, 6) is -0.0725. The van der Waals surface area contributed by atoms with Gasteiger partial charge < -0.3 is 19.5 Å². The van der Waals surface area contributed by atoms with Gasteiger partial charge in [-0.3, -0.25) is 4.79 Å². The number of hydrogen-bond donors (Lipinski definition) is 1. The molecule has 0 saturated heterocycles. The molecule has 1 unspecified atom stereocenters. The van der Waals surface area contributed by atoms with Crippen LogP contribution < -0.4 is 9.47 Å². The predicted octanol–water partition coefficient (Wildman–Crippen LogP) is 2.42. The van der Waals surface area contributed by atoms with Crippen LogP contribution in [0.2, 0.25) is 0 Å². The Balaban J connectivity index is 1.71. The molecule has 0 radical (unpaired) electrons. The van der Waals surface area contributed by atoms with Crippen molar-refractivity contribution >= 4 is 11.9 Å². The summed E-state index contributed by atoms with van der Waals surface area (Å²) >= 11 is 0. The van der Waals surface area contributed by atoms with Gasteiger partial charge in [0.15, 0.2) is 6.61 Å². The van der Waals surface area contributed by atoms with Gasteiger partial charge in [-0.1, -0.05) is 24.3 Å². The summed E-state index contributed by atoms with van der Waals surface area (Å²) in [6.07, 6.45) is 0.304. The fourth-order valence-corrected chi connectivity index (χ4v) is 3.17. The summed E-state index contributed by atoms with van der Waals surface area (Å²) in [7, 11) is 1.59. The molecule has 1 amide bonds. The van der Waals surface area contributed by atoms with Gasteiger partial charge in [0, 0.05) is 13.0 Å². The first-order chi connectivity index (χ1) is 12.5. The number of hydrogen-bond acceptors (Lipinski definition) is 4. The molecule has 0 aromatic heterocycles. The van der Waals surface area contributed by atoms with Crippen molar-refractivity contribution in [3.05, 3.63) is 59.2 Å². The topological polar surface area (TPSA) is 76.1 Å². The van der Waals surface area contributed by atoms with Crippen LogP contribution in [0.25, 0.3) is 0 Å². The van der Waals surface area contributed by atoms with E-state index in [-0.39, 0.29) is 19.1 Å². The molecule has 6 nitrogen and oxygen atoms in total. The highest BCUT2D eigenvalue weighted by Crippen LogP contribution is 2.25. The largest absolute Gasteiger partial charge is 0.496 e. The molecule has 0 aliphatic carbocycles. The number of carbonyl (C=O) groups is 2. The van der Waals surface area contributed by atoms with E-state index in [1.54, 1.807) is 25.3 Å². The molecule has 2 aromatic rings. The van der Waals surface area contributed by atoms with Gasteiger partial charge in [0.2, 0.25) is 0 Å². The number of fused-ring (bicyclic) bond motifs is 1. The van der Waals surface area contributed by atoms with E-state index in [1.165, 1.54) is 4.90 Å². The summed E-state index contributed by atoms with van der Waals surface area (Å²) in [6.45, 7) is 1.95. The lowest BCUT2D eigenvalue weighted by molar-refractivity contribution is -0.152. The van der Waals surface area contributed by atoms with Gasteiger partial charge in [0.1, 0.15) is 17.5 Å². The van der Waals surface area contributed by atoms with Crippen molar-refractivity contribution in [3.63, 3.8) is 0 Å². The fraction of sp³-hybridized carbons (Fsp3) is 0.300. The number of methoxy groups -OCH3 is 1. The molecule has 136 valence electrons. The van der Waals surface area contributed by atoms with Gasteiger partial charge in [-0.2, -0.15) is 0 Å². The molecule has 1 aliphatic heterocycles. The third-order valence-corrected chi connectivity index (χ3v) is 4.58. The van der Waals surface area contributed by atoms with Crippen LogP contribution >= 0.6 is 0 Å². The van der Waals surface area contributed by atoms with E-state index in [1.807, 2.05) is 31.2 Å². The number of amides is 1. The lowest BCUT2D eigenvalue weighted by Crippen LogP contribution is -2.50. The normalized spacial score (nSPS) is 15.9. The van der Waals surface area contributed by atoms with Crippen molar-refractivity contribution < 1.29 is 24.2 Å². The zero-order valence-corrected chi connectivity index (χ0v) is 14.8. The van der Waals surface area contributed by atoms with Crippen LogP contribution in [-0.4, -0.2) is 41.6 Å². The minimum Gasteiger partial charge on any atom is -0.496 e. The monoisotopic (exact) mass is 355 g/mol. The number of rotatable bonds is 5. The Morgan fingerprint density at radius 3 is 2.58 bits per heavy atom. The molecular weight excluding hydrogens is 334 g/mol. The number of carboxylic acid groups (broad SMARTS) is 1. The smallest absolute Gasteiger partial charge is 0.326 e. The summed E-state index contributed by atoms with van der Waals surface area (Å²) in [6, 6.07) is 12.0. The number of ether oxygens (including phenoxy) is 2. The maximum atomic E-state index is 12.6. The van der Waals surface area contributed by atoms with E-state index in [9.17, 15) is 14.7 Å². The number of carbonyl (C=O) groups excluding carboxylic acids is 1. The van der Waals surface area contributed by atoms with Gasteiger partial charge in [0.05, 0.1) is 7.11 Å². The van der Waals surface area contributed by atoms with Crippen LogP contribution in [0.4, 0.5) is 0 Å². The van der Waals surface area contributed by atoms with Crippen molar-refractivity contribution in [2.75, 3.05) is 13.7 Å². The maximum absolute atomic E-state index is 12.6. The molecule has 0 bridgehead atoms. The van der Waals surface area contributed by atoms with E-state index in [2.05, 4.69) is 0 Å². The SMILES string of the molecule is COc1ccc(OCC(=O)N2Cc3ccccc3CC2C(=O)O)cc1C. The Bertz CT molecular complexity index is 833. The van der Waals surface area contributed by atoms with Crippen LogP contribution in [0.1, 0.15) is 16.7 Å². The fourth-order valence-electron chi connectivity index (χ4n) is 3.17. The number of aliphatic carboxylic acids is 1. The van der Waals surface area contributed by atoms with Gasteiger partial charge in [-0.25, -0.2) is 4.79 Å². The van der Waals surface area contributed by atoms with Crippen molar-refractivity contribution in [2.24, 2.45) is 0 Å². The standard InChI is InChI=1S/C20H21NO5/c1-13-9-16(7-8-18(13)25-2)26-12-19(22)21-11-15-6-4-3-5-14(15)10-17(21)20(23)24/h3-9,17H,10-12H2,1-2H3,(H,23,24). The predicted molar refractivity (Wildman–Crippen MR) is 95.3 cm³/mol. The van der Waals surface area contributed by atoms with Gasteiger partial charge in [0.25, 0.3) is 5.91 Å². The highest BCUT2D eigenvalue weighted by atomic mass is 16.5. The quantitative estimate of drug-likeness (QED) is 0.891. The highest BCUT2D eigenvalue weighted by Gasteiger charge is 2.34. The molecule has 1 N–H and O–H groups in total. The van der Waals surface area contributed by atoms with Crippen LogP contribution in [-0.2, 0) is 22.6 Å². The Morgan fingerprint density at radius 1 is 1.19 bits per heavy atom. The van der Waals surface area contributed by atoms with E-state index in [4.69, 9.17) is 9.47 Å². The first-order valence-electron chi connectivity index (χ1n) is 8.36. The van der Waals surface area contributed by atoms with E-state index in [0.29, 0.717) is 12.2 Å². The summed E-state index contributed by atoms with van der Waals surface area (Å²) in [5.41, 5.74) is 2.84. The Hall–Kier alpha value is -3.02. The lowest BCUT2D eigenvalue weighted by Gasteiger charge is -2.34. The molecule has 0 saturated carbocycles. The van der Waals surface area contributed by atoms with Gasteiger partial charge in [-0.05, 0) is 41.8 Å². The molecule has 0 fully saturated rings. The number of nitrogens with zero attached hydrogens (tertiary/aromatic N) is 1. The number of aryl methyl sites for hydroxylation is 1. The van der Waals surface area contributed by atoms with Crippen LogP contribution in [0.3, 0.4) is 0 Å². The van der Waals surface area contributed by atoms with Crippen molar-refractivity contribution in [1.82, 2.24) is 4.90 Å². The molecule has 26 heavy (non-hydrogen) atoms. The molecular formula is C20H21NO5. The van der Waals surface area contributed by atoms with Crippen molar-refractivity contribution in [2.45, 2.75) is 25.9 Å². The molecule has 1 aliphatic rings. The third-order valence-electron chi connectivity index (χ3n) is 4.58. The Kier molecular flexibility index (Phi) is 5.11. The van der Waals surface area contributed by atoms with Crippen LogP contribution in [0.15, 0.2) is 42.5 Å². The second-order valence-corrected chi connectivity index (χ2v) is 6.27. The average Bonchev–Trinajstić information content (AvgIpc) is 2.65. The Morgan fingerprint density at radius 2 is 1.92 bits per heavy atom. The van der Waals surface area contributed by atoms with E-state index in [0.717, 1.165) is 22.4 Å². The molecule has 3 rings (SSSR count). The molecule has 1 atom stereocenters. The highest BCUT2D eigenvalue weighted by molar-refractivity contribution is 5.85. The molecule has 1 heterocycles. The molecule has 6 heteroatoms. The summed E-state index contributed by atoms with van der Waals surface area (Å²) in [5, 5.41) is 9.51. The van der Waals surface area contributed by atoms with Crippen molar-refractivity contribution in [3.8, 4) is 11.5 Å². The van der Waals surface area contributed by atoms with Crippen LogP contribution in [0.5, 0.6) is 11.5 Å². The summed E-state index contributed by atoms with van der Waals surface area (Å²) in [4.78, 5) is 25.6. The first-order valence-corrected chi connectivity index (χ1v) is 8.36. The molecule has 2 aromatic carbocycles. The van der Waals surface area contributed by atoms with E-state index < -0.39 is 12.0 Å². The van der Waals surface area contributed by atoms with Crippen LogP contribution in [0, 0.1) is 6.92 Å².